The first-order valence-corrected chi connectivity index (χ1v) is 7.26. The molecule has 100 valence electrons. The Labute approximate surface area is 118 Å². The number of quaternary nitrogens is 1. The highest BCUT2D eigenvalue weighted by atomic mass is 32.1. The second kappa shape index (κ2) is 5.67. The summed E-state index contributed by atoms with van der Waals surface area (Å²) in [6.07, 6.45) is 3.99. The minimum Gasteiger partial charge on any atom is -0.740 e. The summed E-state index contributed by atoms with van der Waals surface area (Å²) in [5.74, 6) is 0.980. The fraction of sp³-hybridized carbons (Fsp3) is 0.429. The highest BCUT2D eigenvalue weighted by Crippen LogP contribution is 2.12. The number of benzene rings is 1. The van der Waals surface area contributed by atoms with E-state index in [4.69, 9.17) is 12.6 Å². The highest BCUT2D eigenvalue weighted by Gasteiger charge is 2.18. The van der Waals surface area contributed by atoms with Gasteiger partial charge in [0.2, 0.25) is 0 Å². The molecule has 4 nitrogen and oxygen atoms in total. The number of piperidine rings is 1. The van der Waals surface area contributed by atoms with E-state index in [1.807, 2.05) is 34.9 Å². The SMILES string of the molecule is [S-]c1nnc(C[NH+]2CCCCC2)n1-c1ccccc1. The molecule has 0 spiro atoms. The third kappa shape index (κ3) is 2.77. The standard InChI is InChI=1S/C14H18N4S/c19-14-16-15-13(11-17-9-5-2-6-10-17)18(14)12-7-3-1-4-8-12/h1,3-4,7-8H,2,5-6,9-11H2,(H,16,19). The van der Waals surface area contributed by atoms with Crippen molar-refractivity contribution >= 4 is 12.6 Å². The molecular weight excluding hydrogens is 256 g/mol. The quantitative estimate of drug-likeness (QED) is 0.839. The van der Waals surface area contributed by atoms with E-state index in [2.05, 4.69) is 10.2 Å². The summed E-state index contributed by atoms with van der Waals surface area (Å²) >= 11 is 5.30. The van der Waals surface area contributed by atoms with Crippen LogP contribution in [0.4, 0.5) is 0 Å². The van der Waals surface area contributed by atoms with Crippen molar-refractivity contribution in [2.45, 2.75) is 31.0 Å². The lowest BCUT2D eigenvalue weighted by Gasteiger charge is -2.23. The molecular formula is C14H18N4S. The van der Waals surface area contributed by atoms with Gasteiger partial charge in [-0.05, 0) is 31.4 Å². The third-order valence-corrected chi connectivity index (χ3v) is 3.95. The Hall–Kier alpha value is -1.46. The first kappa shape index (κ1) is 12.6. The Morgan fingerprint density at radius 3 is 2.53 bits per heavy atom. The van der Waals surface area contributed by atoms with Gasteiger partial charge in [-0.25, -0.2) is 0 Å². The van der Waals surface area contributed by atoms with E-state index in [1.54, 1.807) is 4.90 Å². The molecule has 0 radical (unpaired) electrons. The van der Waals surface area contributed by atoms with Crippen LogP contribution in [0.1, 0.15) is 25.1 Å². The van der Waals surface area contributed by atoms with Gasteiger partial charge in [0, 0.05) is 10.8 Å². The van der Waals surface area contributed by atoms with Crippen molar-refractivity contribution in [3.05, 3.63) is 36.2 Å². The van der Waals surface area contributed by atoms with Gasteiger partial charge in [-0.3, -0.25) is 4.57 Å². The van der Waals surface area contributed by atoms with E-state index in [1.165, 1.54) is 32.4 Å². The number of nitrogens with zero attached hydrogens (tertiary/aromatic N) is 3. The molecule has 1 fully saturated rings. The van der Waals surface area contributed by atoms with Gasteiger partial charge in [0.25, 0.3) is 0 Å². The third-order valence-electron chi connectivity index (χ3n) is 3.68. The molecule has 1 N–H and O–H groups in total. The number of nitrogens with one attached hydrogen (secondary N) is 1. The lowest BCUT2D eigenvalue weighted by Crippen LogP contribution is -3.11. The molecule has 0 atom stereocenters. The highest BCUT2D eigenvalue weighted by molar-refractivity contribution is 7.58. The zero-order valence-corrected chi connectivity index (χ0v) is 11.7. The molecule has 0 amide bonds. The second-order valence-electron chi connectivity index (χ2n) is 5.06. The van der Waals surface area contributed by atoms with E-state index in [0.717, 1.165) is 18.1 Å². The minimum absolute atomic E-state index is 0.553. The van der Waals surface area contributed by atoms with Crippen LogP contribution in [-0.4, -0.2) is 27.9 Å². The number of rotatable bonds is 3. The molecule has 1 aromatic carbocycles. The van der Waals surface area contributed by atoms with Crippen molar-refractivity contribution in [3.63, 3.8) is 0 Å². The van der Waals surface area contributed by atoms with Crippen LogP contribution in [0.15, 0.2) is 35.5 Å². The minimum atomic E-state index is 0.553. The van der Waals surface area contributed by atoms with Gasteiger partial charge in [0.05, 0.1) is 13.1 Å². The van der Waals surface area contributed by atoms with Crippen LogP contribution in [0.25, 0.3) is 5.69 Å². The molecule has 0 unspecified atom stereocenters. The second-order valence-corrected chi connectivity index (χ2v) is 5.42. The van der Waals surface area contributed by atoms with Crippen LogP contribution in [0.5, 0.6) is 0 Å². The topological polar surface area (TPSA) is 35.2 Å². The molecule has 3 rings (SSSR count). The average molecular weight is 274 g/mol. The first-order chi connectivity index (χ1) is 9.34. The van der Waals surface area contributed by atoms with Gasteiger partial charge in [-0.15, -0.1) is 5.10 Å². The fourth-order valence-corrected chi connectivity index (χ4v) is 2.96. The number of aromatic nitrogens is 3. The molecule has 1 saturated heterocycles. The van der Waals surface area contributed by atoms with E-state index in [9.17, 15) is 0 Å². The normalized spacial score (nSPS) is 16.6. The van der Waals surface area contributed by atoms with Crippen LogP contribution in [0.2, 0.25) is 0 Å². The molecule has 19 heavy (non-hydrogen) atoms. The van der Waals surface area contributed by atoms with Crippen molar-refractivity contribution in [1.82, 2.24) is 14.8 Å². The molecule has 0 saturated carbocycles. The molecule has 5 heteroatoms. The molecule has 2 heterocycles. The van der Waals surface area contributed by atoms with Gasteiger partial charge in [-0.2, -0.15) is 5.10 Å². The summed E-state index contributed by atoms with van der Waals surface area (Å²) in [6, 6.07) is 10.1. The van der Waals surface area contributed by atoms with Crippen LogP contribution in [0.3, 0.4) is 0 Å². The van der Waals surface area contributed by atoms with E-state index in [0.29, 0.717) is 5.16 Å². The maximum absolute atomic E-state index is 5.30. The maximum Gasteiger partial charge on any atom is 0.191 e. The fourth-order valence-electron chi connectivity index (χ4n) is 2.70. The van der Waals surface area contributed by atoms with Crippen molar-refractivity contribution in [2.24, 2.45) is 0 Å². The Bertz CT molecular complexity index is 532. The van der Waals surface area contributed by atoms with E-state index in [-0.39, 0.29) is 0 Å². The summed E-state index contributed by atoms with van der Waals surface area (Å²) in [6.45, 7) is 3.38. The van der Waals surface area contributed by atoms with Crippen molar-refractivity contribution in [1.29, 1.82) is 0 Å². The van der Waals surface area contributed by atoms with E-state index >= 15 is 0 Å². The Morgan fingerprint density at radius 1 is 1.05 bits per heavy atom. The first-order valence-electron chi connectivity index (χ1n) is 6.85. The Kier molecular flexibility index (Phi) is 3.75. The van der Waals surface area contributed by atoms with Crippen LogP contribution in [-0.2, 0) is 19.2 Å². The largest absolute Gasteiger partial charge is 0.740 e. The average Bonchev–Trinajstić information content (AvgIpc) is 2.82. The van der Waals surface area contributed by atoms with Crippen molar-refractivity contribution in [2.75, 3.05) is 13.1 Å². The lowest BCUT2D eigenvalue weighted by molar-refractivity contribution is -0.919. The Balaban J connectivity index is 1.86. The monoisotopic (exact) mass is 274 g/mol. The van der Waals surface area contributed by atoms with Gasteiger partial charge >= 0.3 is 0 Å². The smallest absolute Gasteiger partial charge is 0.191 e. The summed E-state index contributed by atoms with van der Waals surface area (Å²) in [5.41, 5.74) is 1.06. The number of hydrogen-bond acceptors (Lipinski definition) is 3. The zero-order chi connectivity index (χ0) is 13.1. The molecule has 0 aliphatic carbocycles. The predicted octanol–water partition coefficient (Wildman–Crippen LogP) is 0.742. The van der Waals surface area contributed by atoms with Crippen LogP contribution >= 0.6 is 0 Å². The zero-order valence-electron chi connectivity index (χ0n) is 10.9. The van der Waals surface area contributed by atoms with Crippen molar-refractivity contribution < 1.29 is 4.90 Å². The van der Waals surface area contributed by atoms with Crippen molar-refractivity contribution in [3.8, 4) is 5.69 Å². The lowest BCUT2D eigenvalue weighted by atomic mass is 10.1. The summed E-state index contributed by atoms with van der Waals surface area (Å²) < 4.78 is 2.00. The maximum atomic E-state index is 5.30. The molecule has 2 aromatic rings. The molecule has 1 aromatic heterocycles. The van der Waals surface area contributed by atoms with E-state index < -0.39 is 0 Å². The van der Waals surface area contributed by atoms with Gasteiger partial charge in [0.15, 0.2) is 5.82 Å². The van der Waals surface area contributed by atoms with Crippen LogP contribution in [0, 0.1) is 0 Å². The summed E-state index contributed by atoms with van der Waals surface area (Å²) in [5, 5.41) is 8.90. The molecule has 1 aliphatic rings. The van der Waals surface area contributed by atoms with Gasteiger partial charge in [0.1, 0.15) is 6.54 Å². The van der Waals surface area contributed by atoms with Gasteiger partial charge < -0.3 is 17.5 Å². The Morgan fingerprint density at radius 2 is 1.79 bits per heavy atom. The molecule has 0 bridgehead atoms. The predicted molar refractivity (Wildman–Crippen MR) is 75.2 cm³/mol. The summed E-state index contributed by atoms with van der Waals surface area (Å²) in [7, 11) is 0. The molecule has 1 aliphatic heterocycles. The number of likely N-dealkylation sites (tertiary alicyclic amines) is 1. The van der Waals surface area contributed by atoms with Gasteiger partial charge in [-0.1, -0.05) is 18.2 Å². The summed E-state index contributed by atoms with van der Waals surface area (Å²) in [4.78, 5) is 1.59. The number of hydrogen-bond donors (Lipinski definition) is 1. The van der Waals surface area contributed by atoms with Crippen LogP contribution < -0.4 is 4.90 Å². The number of para-hydroxylation sites is 1.